The molecule has 0 saturated carbocycles. The second-order valence-electron chi connectivity index (χ2n) is 5.88. The first-order valence-electron chi connectivity index (χ1n) is 7.93. The first-order valence-corrected chi connectivity index (χ1v) is 8.30. The Morgan fingerprint density at radius 1 is 1.35 bits per heavy atom. The van der Waals surface area contributed by atoms with Crippen LogP contribution in [0.15, 0.2) is 18.2 Å². The average Bonchev–Trinajstić information content (AvgIpc) is 2.63. The molecule has 1 saturated heterocycles. The van der Waals surface area contributed by atoms with E-state index < -0.39 is 0 Å². The molecule has 1 aliphatic heterocycles. The van der Waals surface area contributed by atoms with Crippen molar-refractivity contribution >= 4 is 17.3 Å². The molecule has 1 aromatic rings. The van der Waals surface area contributed by atoms with Crippen molar-refractivity contribution in [1.82, 2.24) is 5.32 Å². The highest BCUT2D eigenvalue weighted by atomic mass is 35.5. The predicted molar refractivity (Wildman–Crippen MR) is 88.8 cm³/mol. The molecule has 0 aliphatic carbocycles. The fourth-order valence-corrected chi connectivity index (χ4v) is 3.46. The van der Waals surface area contributed by atoms with Crippen LogP contribution >= 0.6 is 11.6 Å². The largest absolute Gasteiger partial charge is 0.369 e. The lowest BCUT2D eigenvalue weighted by molar-refractivity contribution is 0.597. The third-order valence-corrected chi connectivity index (χ3v) is 4.67. The summed E-state index contributed by atoms with van der Waals surface area (Å²) in [7, 11) is 0. The van der Waals surface area contributed by atoms with Crippen molar-refractivity contribution in [3.05, 3.63) is 28.8 Å². The maximum absolute atomic E-state index is 6.50. The van der Waals surface area contributed by atoms with Gasteiger partial charge < -0.3 is 10.2 Å². The summed E-state index contributed by atoms with van der Waals surface area (Å²) in [5.41, 5.74) is 2.47. The summed E-state index contributed by atoms with van der Waals surface area (Å²) in [6.45, 7) is 8.73. The van der Waals surface area contributed by atoms with Crippen LogP contribution in [0.25, 0.3) is 0 Å². The van der Waals surface area contributed by atoms with E-state index in [9.17, 15) is 0 Å². The number of hydrogen-bond donors (Lipinski definition) is 1. The summed E-state index contributed by atoms with van der Waals surface area (Å²) in [6.07, 6.45) is 5.27. The Kier molecular flexibility index (Phi) is 5.74. The summed E-state index contributed by atoms with van der Waals surface area (Å²) in [6, 6.07) is 7.49. The maximum Gasteiger partial charge on any atom is 0.0474 e. The molecular formula is C17H27ClN2. The molecule has 2 rings (SSSR count). The van der Waals surface area contributed by atoms with Crippen LogP contribution in [0, 0.1) is 0 Å². The molecule has 1 aliphatic rings. The highest BCUT2D eigenvalue weighted by molar-refractivity contribution is 6.31. The quantitative estimate of drug-likeness (QED) is 0.860. The molecule has 0 radical (unpaired) electrons. The Hall–Kier alpha value is -0.730. The number of benzene rings is 1. The van der Waals surface area contributed by atoms with E-state index in [2.05, 4.69) is 49.2 Å². The second kappa shape index (κ2) is 7.33. The van der Waals surface area contributed by atoms with E-state index >= 15 is 0 Å². The standard InChI is InChI=1S/C17H27ClN2/c1-4-19-14(3)16-10-9-15(12-17(16)18)20-11-7-5-6-8-13(20)2/h9-10,12-14,19H,4-8,11H2,1-3H3. The minimum atomic E-state index is 0.308. The van der Waals surface area contributed by atoms with Crippen molar-refractivity contribution in [2.24, 2.45) is 0 Å². The summed E-state index contributed by atoms with van der Waals surface area (Å²) in [5, 5.41) is 4.30. The van der Waals surface area contributed by atoms with Gasteiger partial charge in [-0.3, -0.25) is 0 Å². The van der Waals surface area contributed by atoms with Crippen LogP contribution in [-0.4, -0.2) is 19.1 Å². The Morgan fingerprint density at radius 2 is 2.15 bits per heavy atom. The first-order chi connectivity index (χ1) is 9.63. The first kappa shape index (κ1) is 15.7. The van der Waals surface area contributed by atoms with Crippen molar-refractivity contribution in [3.8, 4) is 0 Å². The summed E-state index contributed by atoms with van der Waals surface area (Å²) in [4.78, 5) is 2.51. The summed E-state index contributed by atoms with van der Waals surface area (Å²) < 4.78 is 0. The lowest BCUT2D eigenvalue weighted by Gasteiger charge is -2.30. The van der Waals surface area contributed by atoms with Gasteiger partial charge in [0.2, 0.25) is 0 Å². The zero-order valence-electron chi connectivity index (χ0n) is 13.0. The lowest BCUT2D eigenvalue weighted by Crippen LogP contribution is -2.32. The highest BCUT2D eigenvalue weighted by Gasteiger charge is 2.18. The van der Waals surface area contributed by atoms with Gasteiger partial charge in [0, 0.05) is 29.3 Å². The monoisotopic (exact) mass is 294 g/mol. The topological polar surface area (TPSA) is 15.3 Å². The van der Waals surface area contributed by atoms with Crippen molar-refractivity contribution in [1.29, 1.82) is 0 Å². The van der Waals surface area contributed by atoms with Crippen molar-refractivity contribution in [3.63, 3.8) is 0 Å². The Labute approximate surface area is 128 Å². The van der Waals surface area contributed by atoms with E-state index in [-0.39, 0.29) is 0 Å². The van der Waals surface area contributed by atoms with E-state index in [1.54, 1.807) is 0 Å². The van der Waals surface area contributed by atoms with Gasteiger partial charge in [-0.25, -0.2) is 0 Å². The zero-order valence-corrected chi connectivity index (χ0v) is 13.7. The van der Waals surface area contributed by atoms with Crippen molar-refractivity contribution in [2.45, 2.75) is 58.5 Å². The Balaban J connectivity index is 2.19. The van der Waals surface area contributed by atoms with Gasteiger partial charge in [-0.1, -0.05) is 37.4 Å². The van der Waals surface area contributed by atoms with Crippen LogP contribution in [0.2, 0.25) is 5.02 Å². The number of hydrogen-bond acceptors (Lipinski definition) is 2. The molecule has 112 valence electrons. The average molecular weight is 295 g/mol. The van der Waals surface area contributed by atoms with Gasteiger partial charge in [0.05, 0.1) is 0 Å². The second-order valence-corrected chi connectivity index (χ2v) is 6.28. The number of halogens is 1. The molecular weight excluding hydrogens is 268 g/mol. The number of rotatable bonds is 4. The molecule has 2 atom stereocenters. The summed E-state index contributed by atoms with van der Waals surface area (Å²) >= 11 is 6.50. The summed E-state index contributed by atoms with van der Waals surface area (Å²) in [5.74, 6) is 0. The molecule has 1 N–H and O–H groups in total. The van der Waals surface area contributed by atoms with Gasteiger partial charge in [0.25, 0.3) is 0 Å². The van der Waals surface area contributed by atoms with Gasteiger partial charge in [0.1, 0.15) is 0 Å². The third-order valence-electron chi connectivity index (χ3n) is 4.35. The molecule has 2 nitrogen and oxygen atoms in total. The number of nitrogens with zero attached hydrogens (tertiary/aromatic N) is 1. The van der Waals surface area contributed by atoms with Crippen LogP contribution in [0.3, 0.4) is 0 Å². The fourth-order valence-electron chi connectivity index (χ4n) is 3.12. The van der Waals surface area contributed by atoms with Crippen molar-refractivity contribution < 1.29 is 0 Å². The van der Waals surface area contributed by atoms with Crippen LogP contribution in [-0.2, 0) is 0 Å². The minimum absolute atomic E-state index is 0.308. The normalized spacial score (nSPS) is 21.6. The molecule has 0 amide bonds. The molecule has 0 spiro atoms. The van der Waals surface area contributed by atoms with E-state index in [4.69, 9.17) is 11.6 Å². The van der Waals surface area contributed by atoms with E-state index in [1.807, 2.05) is 0 Å². The van der Waals surface area contributed by atoms with E-state index in [0.717, 1.165) is 18.1 Å². The van der Waals surface area contributed by atoms with Gasteiger partial charge in [-0.05, 0) is 50.9 Å². The Morgan fingerprint density at radius 3 is 2.85 bits per heavy atom. The molecule has 1 heterocycles. The zero-order chi connectivity index (χ0) is 14.5. The molecule has 20 heavy (non-hydrogen) atoms. The van der Waals surface area contributed by atoms with Crippen LogP contribution in [0.5, 0.6) is 0 Å². The van der Waals surface area contributed by atoms with Gasteiger partial charge in [-0.15, -0.1) is 0 Å². The SMILES string of the molecule is CCNC(C)c1ccc(N2CCCCCC2C)cc1Cl. The molecule has 3 heteroatoms. The molecule has 2 unspecified atom stereocenters. The van der Waals surface area contributed by atoms with Crippen molar-refractivity contribution in [2.75, 3.05) is 18.0 Å². The van der Waals surface area contributed by atoms with Crippen LogP contribution < -0.4 is 10.2 Å². The van der Waals surface area contributed by atoms with Gasteiger partial charge in [-0.2, -0.15) is 0 Å². The molecule has 1 aromatic carbocycles. The molecule has 0 bridgehead atoms. The van der Waals surface area contributed by atoms with Crippen LogP contribution in [0.1, 0.15) is 58.1 Å². The Bertz CT molecular complexity index is 433. The minimum Gasteiger partial charge on any atom is -0.369 e. The molecule has 0 aromatic heterocycles. The number of nitrogens with one attached hydrogen (secondary N) is 1. The van der Waals surface area contributed by atoms with E-state index in [0.29, 0.717) is 12.1 Å². The number of anilines is 1. The van der Waals surface area contributed by atoms with E-state index in [1.165, 1.54) is 36.9 Å². The fraction of sp³-hybridized carbons (Fsp3) is 0.647. The maximum atomic E-state index is 6.50. The lowest BCUT2D eigenvalue weighted by atomic mass is 10.1. The third kappa shape index (κ3) is 3.67. The smallest absolute Gasteiger partial charge is 0.0474 e. The van der Waals surface area contributed by atoms with Gasteiger partial charge >= 0.3 is 0 Å². The van der Waals surface area contributed by atoms with Crippen LogP contribution in [0.4, 0.5) is 5.69 Å². The predicted octanol–water partition coefficient (Wildman–Crippen LogP) is 4.78. The molecule has 1 fully saturated rings. The van der Waals surface area contributed by atoms with Gasteiger partial charge in [0.15, 0.2) is 0 Å². The highest BCUT2D eigenvalue weighted by Crippen LogP contribution is 2.30.